The van der Waals surface area contributed by atoms with Crippen molar-refractivity contribution in [3.8, 4) is 11.5 Å². The highest BCUT2D eigenvalue weighted by Crippen LogP contribution is 2.19. The summed E-state index contributed by atoms with van der Waals surface area (Å²) >= 11 is 0. The lowest BCUT2D eigenvalue weighted by atomic mass is 10.1. The Morgan fingerprint density at radius 1 is 1.07 bits per heavy atom. The van der Waals surface area contributed by atoms with Crippen LogP contribution in [0.2, 0.25) is 0 Å². The van der Waals surface area contributed by atoms with Gasteiger partial charge in [0.15, 0.2) is 5.96 Å². The average Bonchev–Trinajstić information content (AvgIpc) is 3.35. The Morgan fingerprint density at radius 2 is 1.83 bits per heavy atom. The van der Waals surface area contributed by atoms with Gasteiger partial charge in [-0.1, -0.05) is 35.9 Å². The van der Waals surface area contributed by atoms with Gasteiger partial charge in [-0.3, -0.25) is 4.99 Å². The molecule has 0 spiro atoms. The summed E-state index contributed by atoms with van der Waals surface area (Å²) in [5.74, 6) is 1.33. The van der Waals surface area contributed by atoms with Crippen LogP contribution in [0.5, 0.6) is 0 Å². The molecule has 0 aliphatic rings. The predicted octanol–water partition coefficient (Wildman–Crippen LogP) is 4.61. The number of oxazole rings is 1. The molecule has 7 heteroatoms. The molecule has 4 aromatic rings. The molecular weight excluding hydrogens is 477 g/mol. The summed E-state index contributed by atoms with van der Waals surface area (Å²) in [6, 6.07) is 18.5. The van der Waals surface area contributed by atoms with E-state index in [0.29, 0.717) is 24.9 Å². The molecule has 150 valence electrons. The van der Waals surface area contributed by atoms with Crippen molar-refractivity contribution in [1.82, 2.24) is 20.6 Å². The maximum Gasteiger partial charge on any atom is 0.226 e. The van der Waals surface area contributed by atoms with E-state index >= 15 is 0 Å². The monoisotopic (exact) mass is 501 g/mol. The van der Waals surface area contributed by atoms with Crippen molar-refractivity contribution in [2.24, 2.45) is 4.99 Å². The zero-order chi connectivity index (χ0) is 19.3. The maximum atomic E-state index is 5.60. The summed E-state index contributed by atoms with van der Waals surface area (Å²) in [5, 5.41) is 7.78. The van der Waals surface area contributed by atoms with Gasteiger partial charge in [0.05, 0.1) is 18.8 Å². The summed E-state index contributed by atoms with van der Waals surface area (Å²) in [5.41, 5.74) is 5.24. The highest BCUT2D eigenvalue weighted by Gasteiger charge is 2.08. The third-order valence-electron chi connectivity index (χ3n) is 4.54. The zero-order valence-corrected chi connectivity index (χ0v) is 18.7. The number of nitrogens with one attached hydrogen (secondary N) is 3. The van der Waals surface area contributed by atoms with E-state index in [1.54, 1.807) is 13.3 Å². The first-order chi connectivity index (χ1) is 13.7. The van der Waals surface area contributed by atoms with Crippen LogP contribution in [-0.2, 0) is 13.1 Å². The van der Waals surface area contributed by atoms with Gasteiger partial charge >= 0.3 is 0 Å². The zero-order valence-electron chi connectivity index (χ0n) is 16.4. The van der Waals surface area contributed by atoms with E-state index in [9.17, 15) is 0 Å². The largest absolute Gasteiger partial charge is 0.444 e. The Morgan fingerprint density at radius 3 is 2.59 bits per heavy atom. The second kappa shape index (κ2) is 9.60. The molecule has 2 aromatic heterocycles. The number of H-pyrrole nitrogens is 1. The van der Waals surface area contributed by atoms with Crippen molar-refractivity contribution in [3.63, 3.8) is 0 Å². The lowest BCUT2D eigenvalue weighted by Gasteiger charge is -2.09. The average molecular weight is 501 g/mol. The van der Waals surface area contributed by atoms with E-state index in [4.69, 9.17) is 4.42 Å². The van der Waals surface area contributed by atoms with Crippen molar-refractivity contribution in [2.45, 2.75) is 20.0 Å². The first-order valence-corrected chi connectivity index (χ1v) is 9.24. The molecule has 0 atom stereocenters. The molecular formula is C22H24IN5O. The SMILES string of the molecule is CN=C(NCc1coc(-c2ccc(C)cc2)n1)NCc1cc2ccccc2[nH]1.I. The van der Waals surface area contributed by atoms with E-state index in [-0.39, 0.29) is 24.0 Å². The number of rotatable bonds is 5. The number of hydrogen-bond donors (Lipinski definition) is 3. The number of halogens is 1. The van der Waals surface area contributed by atoms with Crippen molar-refractivity contribution < 1.29 is 4.42 Å². The van der Waals surface area contributed by atoms with Crippen molar-refractivity contribution in [3.05, 3.63) is 77.8 Å². The second-order valence-corrected chi connectivity index (χ2v) is 6.67. The third-order valence-corrected chi connectivity index (χ3v) is 4.54. The normalized spacial score (nSPS) is 11.3. The Labute approximate surface area is 186 Å². The molecule has 0 unspecified atom stereocenters. The van der Waals surface area contributed by atoms with Gasteiger partial charge in [-0.2, -0.15) is 0 Å². The number of aromatic nitrogens is 2. The summed E-state index contributed by atoms with van der Waals surface area (Å²) in [7, 11) is 1.75. The van der Waals surface area contributed by atoms with Crippen molar-refractivity contribution in [1.29, 1.82) is 0 Å². The van der Waals surface area contributed by atoms with E-state index in [1.807, 2.05) is 36.4 Å². The molecule has 4 rings (SSSR count). The van der Waals surface area contributed by atoms with Crippen LogP contribution in [0.15, 0.2) is 70.3 Å². The van der Waals surface area contributed by atoms with Gasteiger partial charge in [0.1, 0.15) is 6.26 Å². The van der Waals surface area contributed by atoms with Gasteiger partial charge in [-0.25, -0.2) is 4.98 Å². The Bertz CT molecular complexity index is 1060. The first-order valence-electron chi connectivity index (χ1n) is 9.24. The first kappa shape index (κ1) is 20.9. The van der Waals surface area contributed by atoms with Crippen molar-refractivity contribution in [2.75, 3.05) is 7.05 Å². The molecule has 0 amide bonds. The Hall–Kier alpha value is -2.81. The molecule has 3 N–H and O–H groups in total. The molecule has 0 fully saturated rings. The molecule has 2 aromatic carbocycles. The standard InChI is InChI=1S/C22H23N5O.HI/c1-15-7-9-16(10-8-15)21-27-19(14-28-21)13-25-22(23-2)24-12-18-11-17-5-3-4-6-20(17)26-18;/h3-11,14,26H,12-13H2,1-2H3,(H2,23,24,25);1H. The second-order valence-electron chi connectivity index (χ2n) is 6.67. The lowest BCUT2D eigenvalue weighted by Crippen LogP contribution is -2.36. The number of para-hydroxylation sites is 1. The Kier molecular flexibility index (Phi) is 6.92. The predicted molar refractivity (Wildman–Crippen MR) is 127 cm³/mol. The number of aliphatic imine (C=N–C) groups is 1. The fraction of sp³-hybridized carbons (Fsp3) is 0.182. The molecule has 0 radical (unpaired) electrons. The number of benzene rings is 2. The van der Waals surface area contributed by atoms with Gasteiger partial charge in [-0.15, -0.1) is 24.0 Å². The number of aryl methyl sites for hydroxylation is 1. The lowest BCUT2D eigenvalue weighted by molar-refractivity contribution is 0.572. The van der Waals surface area contributed by atoms with Gasteiger partial charge in [0.2, 0.25) is 5.89 Å². The quantitative estimate of drug-likeness (QED) is 0.212. The molecule has 0 saturated carbocycles. The number of hydrogen-bond acceptors (Lipinski definition) is 3. The van der Waals surface area contributed by atoms with Gasteiger partial charge in [-0.05, 0) is 36.6 Å². The highest BCUT2D eigenvalue weighted by molar-refractivity contribution is 14.0. The van der Waals surface area contributed by atoms with Crippen LogP contribution >= 0.6 is 24.0 Å². The summed E-state index contributed by atoms with van der Waals surface area (Å²) in [6.07, 6.45) is 1.67. The molecule has 29 heavy (non-hydrogen) atoms. The van der Waals surface area contributed by atoms with Crippen LogP contribution in [0.25, 0.3) is 22.4 Å². The number of fused-ring (bicyclic) bond motifs is 1. The summed E-state index contributed by atoms with van der Waals surface area (Å²) in [4.78, 5) is 12.2. The van der Waals surface area contributed by atoms with E-state index < -0.39 is 0 Å². The molecule has 0 bridgehead atoms. The summed E-state index contributed by atoms with van der Waals surface area (Å²) < 4.78 is 5.60. The minimum atomic E-state index is 0. The number of nitrogens with zero attached hydrogens (tertiary/aromatic N) is 2. The minimum absolute atomic E-state index is 0. The van der Waals surface area contributed by atoms with Crippen LogP contribution in [0, 0.1) is 6.92 Å². The molecule has 0 aliphatic heterocycles. The number of guanidine groups is 1. The van der Waals surface area contributed by atoms with E-state index in [0.717, 1.165) is 22.5 Å². The van der Waals surface area contributed by atoms with Gasteiger partial charge in [0, 0.05) is 23.8 Å². The maximum absolute atomic E-state index is 5.60. The number of aromatic amines is 1. The van der Waals surface area contributed by atoms with Crippen LogP contribution < -0.4 is 10.6 Å². The van der Waals surface area contributed by atoms with Crippen molar-refractivity contribution >= 4 is 40.8 Å². The molecule has 0 saturated heterocycles. The minimum Gasteiger partial charge on any atom is -0.444 e. The molecule has 0 aliphatic carbocycles. The van der Waals surface area contributed by atoms with E-state index in [1.165, 1.54) is 10.9 Å². The van der Waals surface area contributed by atoms with Crippen LogP contribution in [0.1, 0.15) is 17.0 Å². The fourth-order valence-electron chi connectivity index (χ4n) is 3.02. The summed E-state index contributed by atoms with van der Waals surface area (Å²) in [6.45, 7) is 3.24. The van der Waals surface area contributed by atoms with Crippen LogP contribution in [0.4, 0.5) is 0 Å². The van der Waals surface area contributed by atoms with Gasteiger partial charge in [0.25, 0.3) is 0 Å². The van der Waals surface area contributed by atoms with Crippen LogP contribution in [0.3, 0.4) is 0 Å². The smallest absolute Gasteiger partial charge is 0.226 e. The van der Waals surface area contributed by atoms with Crippen LogP contribution in [-0.4, -0.2) is 23.0 Å². The molecule has 2 heterocycles. The molecule has 6 nitrogen and oxygen atoms in total. The Balaban J connectivity index is 0.00000240. The van der Waals surface area contributed by atoms with E-state index in [2.05, 4.69) is 50.7 Å². The fourth-order valence-corrected chi connectivity index (χ4v) is 3.02. The third kappa shape index (κ3) is 5.17. The highest BCUT2D eigenvalue weighted by atomic mass is 127. The topological polar surface area (TPSA) is 78.2 Å². The van der Waals surface area contributed by atoms with Gasteiger partial charge < -0.3 is 20.0 Å².